The maximum atomic E-state index is 5.58. The van der Waals surface area contributed by atoms with E-state index in [4.69, 9.17) is 5.73 Å². The highest BCUT2D eigenvalue weighted by Gasteiger charge is 1.95. The third-order valence-electron chi connectivity index (χ3n) is 2.69. The Morgan fingerprint density at radius 2 is 1.76 bits per heavy atom. The lowest BCUT2D eigenvalue weighted by atomic mass is 10.1. The largest absolute Gasteiger partial charge is 0.397 e. The number of aromatic nitrogens is 1. The molecule has 1 heterocycles. The average molecular weight is 227 g/mol. The number of anilines is 2. The van der Waals surface area contributed by atoms with Crippen molar-refractivity contribution >= 4 is 11.5 Å². The van der Waals surface area contributed by atoms with Gasteiger partial charge in [0.15, 0.2) is 0 Å². The number of hydrogen-bond acceptors (Lipinski definition) is 3. The molecule has 0 atom stereocenters. The summed E-state index contributed by atoms with van der Waals surface area (Å²) in [6.07, 6.45) is 2.73. The van der Waals surface area contributed by atoms with E-state index in [0.29, 0.717) is 5.69 Å². The maximum absolute atomic E-state index is 5.58. The van der Waals surface area contributed by atoms with E-state index in [-0.39, 0.29) is 0 Å². The van der Waals surface area contributed by atoms with E-state index in [0.717, 1.165) is 18.8 Å². The number of nitrogens with two attached hydrogens (primary N) is 1. The molecule has 2 aromatic rings. The van der Waals surface area contributed by atoms with Gasteiger partial charge in [-0.05, 0) is 29.7 Å². The third kappa shape index (κ3) is 3.21. The lowest BCUT2D eigenvalue weighted by Crippen LogP contribution is -2.01. The monoisotopic (exact) mass is 227 g/mol. The molecule has 0 amide bonds. The fourth-order valence-corrected chi connectivity index (χ4v) is 1.60. The number of benzene rings is 1. The van der Waals surface area contributed by atoms with Crippen molar-refractivity contribution in [3.63, 3.8) is 0 Å². The number of aryl methyl sites for hydroxylation is 1. The topological polar surface area (TPSA) is 50.9 Å². The zero-order valence-corrected chi connectivity index (χ0v) is 9.98. The van der Waals surface area contributed by atoms with E-state index >= 15 is 0 Å². The molecule has 0 fully saturated rings. The maximum Gasteiger partial charge on any atom is 0.126 e. The second-order valence-corrected chi connectivity index (χ2v) is 4.00. The van der Waals surface area contributed by atoms with E-state index in [1.165, 1.54) is 11.1 Å². The highest BCUT2D eigenvalue weighted by molar-refractivity contribution is 5.44. The molecule has 3 nitrogen and oxygen atoms in total. The van der Waals surface area contributed by atoms with Crippen LogP contribution in [0.4, 0.5) is 11.5 Å². The van der Waals surface area contributed by atoms with Crippen molar-refractivity contribution < 1.29 is 0 Å². The van der Waals surface area contributed by atoms with Gasteiger partial charge in [0.25, 0.3) is 0 Å². The van der Waals surface area contributed by atoms with Crippen LogP contribution in [0.2, 0.25) is 0 Å². The smallest absolute Gasteiger partial charge is 0.126 e. The molecule has 0 saturated heterocycles. The average Bonchev–Trinajstić information content (AvgIpc) is 2.39. The van der Waals surface area contributed by atoms with Gasteiger partial charge in [0.2, 0.25) is 0 Å². The van der Waals surface area contributed by atoms with E-state index < -0.39 is 0 Å². The van der Waals surface area contributed by atoms with Gasteiger partial charge >= 0.3 is 0 Å². The van der Waals surface area contributed by atoms with Gasteiger partial charge in [0.05, 0.1) is 11.9 Å². The second-order valence-electron chi connectivity index (χ2n) is 4.00. The summed E-state index contributed by atoms with van der Waals surface area (Å²) < 4.78 is 0. The number of rotatable bonds is 4. The van der Waals surface area contributed by atoms with Crippen LogP contribution in [-0.4, -0.2) is 4.98 Å². The predicted octanol–water partition coefficient (Wildman–Crippen LogP) is 2.84. The van der Waals surface area contributed by atoms with Gasteiger partial charge in [-0.3, -0.25) is 0 Å². The lowest BCUT2D eigenvalue weighted by Gasteiger charge is -2.06. The first-order valence-electron chi connectivity index (χ1n) is 5.81. The fraction of sp³-hybridized carbons (Fsp3) is 0.214. The minimum absolute atomic E-state index is 0.683. The Kier molecular flexibility index (Phi) is 3.60. The van der Waals surface area contributed by atoms with Gasteiger partial charge in [0.1, 0.15) is 5.82 Å². The molecule has 3 heteroatoms. The number of hydrogen-bond donors (Lipinski definition) is 2. The zero-order valence-electron chi connectivity index (χ0n) is 9.98. The Balaban J connectivity index is 1.95. The normalized spacial score (nSPS) is 10.2. The Labute approximate surface area is 102 Å². The van der Waals surface area contributed by atoms with E-state index in [1.54, 1.807) is 6.20 Å². The summed E-state index contributed by atoms with van der Waals surface area (Å²) in [5.74, 6) is 0.846. The summed E-state index contributed by atoms with van der Waals surface area (Å²) in [6.45, 7) is 2.94. The van der Waals surface area contributed by atoms with Crippen LogP contribution < -0.4 is 11.1 Å². The highest BCUT2D eigenvalue weighted by Crippen LogP contribution is 2.09. The van der Waals surface area contributed by atoms with Gasteiger partial charge in [-0.1, -0.05) is 31.2 Å². The first-order valence-corrected chi connectivity index (χ1v) is 5.81. The van der Waals surface area contributed by atoms with Gasteiger partial charge in [0, 0.05) is 6.54 Å². The minimum Gasteiger partial charge on any atom is -0.397 e. The van der Waals surface area contributed by atoms with Gasteiger partial charge in [-0.2, -0.15) is 0 Å². The summed E-state index contributed by atoms with van der Waals surface area (Å²) in [5.41, 5.74) is 8.87. The summed E-state index contributed by atoms with van der Waals surface area (Å²) in [4.78, 5) is 4.19. The molecular weight excluding hydrogens is 210 g/mol. The van der Waals surface area contributed by atoms with Crippen LogP contribution >= 0.6 is 0 Å². The molecule has 0 radical (unpaired) electrons. The zero-order chi connectivity index (χ0) is 12.1. The summed E-state index contributed by atoms with van der Waals surface area (Å²) in [5, 5.41) is 3.26. The summed E-state index contributed by atoms with van der Waals surface area (Å²) >= 11 is 0. The molecule has 0 aliphatic carbocycles. The van der Waals surface area contributed by atoms with Crippen molar-refractivity contribution in [3.05, 3.63) is 53.7 Å². The van der Waals surface area contributed by atoms with Crippen LogP contribution in [0.3, 0.4) is 0 Å². The lowest BCUT2D eigenvalue weighted by molar-refractivity contribution is 1.09. The predicted molar refractivity (Wildman–Crippen MR) is 71.8 cm³/mol. The molecule has 3 N–H and O–H groups in total. The Hall–Kier alpha value is -2.03. The Morgan fingerprint density at radius 3 is 2.35 bits per heavy atom. The number of nitrogen functional groups attached to an aromatic ring is 1. The van der Waals surface area contributed by atoms with Gasteiger partial charge < -0.3 is 11.1 Å². The van der Waals surface area contributed by atoms with Crippen LogP contribution in [0, 0.1) is 0 Å². The first-order chi connectivity index (χ1) is 8.28. The summed E-state index contributed by atoms with van der Waals surface area (Å²) in [6, 6.07) is 12.3. The first kappa shape index (κ1) is 11.5. The molecule has 0 aliphatic heterocycles. The molecule has 1 aromatic heterocycles. The standard InChI is InChI=1S/C14H17N3/c1-2-11-3-5-12(6-4-11)9-16-14-8-7-13(15)10-17-14/h3-8,10H,2,9,15H2,1H3,(H,16,17). The van der Waals surface area contributed by atoms with E-state index in [9.17, 15) is 0 Å². The second kappa shape index (κ2) is 5.34. The van der Waals surface area contributed by atoms with Crippen molar-refractivity contribution in [2.45, 2.75) is 19.9 Å². The van der Waals surface area contributed by atoms with Crippen LogP contribution in [0.1, 0.15) is 18.1 Å². The van der Waals surface area contributed by atoms with Gasteiger partial charge in [-0.25, -0.2) is 4.98 Å². The molecule has 2 rings (SSSR count). The molecule has 1 aromatic carbocycles. The molecule has 88 valence electrons. The minimum atomic E-state index is 0.683. The van der Waals surface area contributed by atoms with Crippen LogP contribution in [0.25, 0.3) is 0 Å². The molecule has 0 saturated carbocycles. The van der Waals surface area contributed by atoms with Crippen molar-refractivity contribution in [2.24, 2.45) is 0 Å². The van der Waals surface area contributed by atoms with Crippen LogP contribution in [0.15, 0.2) is 42.6 Å². The van der Waals surface area contributed by atoms with Crippen molar-refractivity contribution in [1.29, 1.82) is 0 Å². The van der Waals surface area contributed by atoms with E-state index in [1.807, 2.05) is 12.1 Å². The molecular formula is C14H17N3. The number of nitrogens with zero attached hydrogens (tertiary/aromatic N) is 1. The molecule has 17 heavy (non-hydrogen) atoms. The third-order valence-corrected chi connectivity index (χ3v) is 2.69. The summed E-state index contributed by atoms with van der Waals surface area (Å²) in [7, 11) is 0. The molecule has 0 spiro atoms. The Morgan fingerprint density at radius 1 is 1.06 bits per heavy atom. The van der Waals surface area contributed by atoms with Crippen molar-refractivity contribution in [3.8, 4) is 0 Å². The number of pyridine rings is 1. The number of nitrogens with one attached hydrogen (secondary N) is 1. The van der Waals surface area contributed by atoms with Crippen LogP contribution in [-0.2, 0) is 13.0 Å². The molecule has 0 bridgehead atoms. The highest BCUT2D eigenvalue weighted by atomic mass is 15.0. The molecule has 0 aliphatic rings. The fourth-order valence-electron chi connectivity index (χ4n) is 1.60. The SMILES string of the molecule is CCc1ccc(CNc2ccc(N)cn2)cc1. The quantitative estimate of drug-likeness (QED) is 0.844. The van der Waals surface area contributed by atoms with Gasteiger partial charge in [-0.15, -0.1) is 0 Å². The Bertz CT molecular complexity index is 460. The molecule has 0 unspecified atom stereocenters. The van der Waals surface area contributed by atoms with Crippen molar-refractivity contribution in [1.82, 2.24) is 4.98 Å². The van der Waals surface area contributed by atoms with E-state index in [2.05, 4.69) is 41.5 Å². The van der Waals surface area contributed by atoms with Crippen LogP contribution in [0.5, 0.6) is 0 Å². The van der Waals surface area contributed by atoms with Crippen molar-refractivity contribution in [2.75, 3.05) is 11.1 Å².